The minimum absolute atomic E-state index is 0.0474. The Kier molecular flexibility index (Phi) is 4.21. The molecule has 0 saturated heterocycles. The number of carbonyl (C=O) groups is 2. The van der Waals surface area contributed by atoms with Gasteiger partial charge in [0.15, 0.2) is 0 Å². The lowest BCUT2D eigenvalue weighted by molar-refractivity contribution is -0.139. The fraction of sp³-hybridized carbons (Fsp3) is 0.312. The summed E-state index contributed by atoms with van der Waals surface area (Å²) >= 11 is 0. The minimum Gasteiger partial charge on any atom is -0.481 e. The number of pyridine rings is 1. The van der Waals surface area contributed by atoms with Gasteiger partial charge in [-0.15, -0.1) is 0 Å². The van der Waals surface area contributed by atoms with Crippen LogP contribution in [0.4, 0.5) is 5.69 Å². The Bertz CT molecular complexity index is 675. The average molecular weight is 286 g/mol. The maximum Gasteiger partial charge on any atom is 0.303 e. The van der Waals surface area contributed by atoms with Crippen LogP contribution < -0.4 is 5.32 Å². The highest BCUT2D eigenvalue weighted by atomic mass is 16.4. The number of hydrogen-bond donors (Lipinski definition) is 2. The van der Waals surface area contributed by atoms with E-state index in [-0.39, 0.29) is 18.7 Å². The third kappa shape index (κ3) is 4.02. The highest BCUT2D eigenvalue weighted by Gasteiger charge is 2.25. The van der Waals surface area contributed by atoms with E-state index >= 15 is 0 Å². The molecule has 2 N–H and O–H groups in total. The molecular weight excluding hydrogens is 268 g/mol. The molecule has 1 aromatic heterocycles. The van der Waals surface area contributed by atoms with Gasteiger partial charge in [-0.2, -0.15) is 0 Å². The summed E-state index contributed by atoms with van der Waals surface area (Å²) in [7, 11) is 0. The number of fused-ring (bicyclic) bond motifs is 1. The topological polar surface area (TPSA) is 79.3 Å². The van der Waals surface area contributed by atoms with Crippen molar-refractivity contribution in [2.75, 3.05) is 5.32 Å². The zero-order valence-electron chi connectivity index (χ0n) is 12.1. The lowest BCUT2D eigenvalue weighted by Crippen LogP contribution is -2.24. The Morgan fingerprint density at radius 2 is 1.90 bits per heavy atom. The van der Waals surface area contributed by atoms with Crippen LogP contribution in [0.3, 0.4) is 0 Å². The van der Waals surface area contributed by atoms with Gasteiger partial charge in [0.2, 0.25) is 5.91 Å². The first-order chi connectivity index (χ1) is 9.87. The molecule has 0 radical (unpaired) electrons. The molecule has 2 rings (SSSR count). The molecule has 0 fully saturated rings. The van der Waals surface area contributed by atoms with Gasteiger partial charge in [0.1, 0.15) is 0 Å². The first kappa shape index (κ1) is 15.0. The Labute approximate surface area is 123 Å². The number of rotatable bonds is 5. The first-order valence-electron chi connectivity index (χ1n) is 6.73. The van der Waals surface area contributed by atoms with Crippen molar-refractivity contribution in [1.29, 1.82) is 0 Å². The van der Waals surface area contributed by atoms with Gasteiger partial charge in [-0.25, -0.2) is 0 Å². The zero-order valence-corrected chi connectivity index (χ0v) is 12.1. The molecule has 0 aliphatic heterocycles. The van der Waals surface area contributed by atoms with Crippen molar-refractivity contribution >= 4 is 28.5 Å². The number of hydrogen-bond acceptors (Lipinski definition) is 3. The molecule has 1 heterocycles. The van der Waals surface area contributed by atoms with Gasteiger partial charge in [0, 0.05) is 18.0 Å². The largest absolute Gasteiger partial charge is 0.481 e. The van der Waals surface area contributed by atoms with E-state index in [9.17, 15) is 9.59 Å². The van der Waals surface area contributed by atoms with Crippen molar-refractivity contribution in [3.8, 4) is 0 Å². The summed E-state index contributed by atoms with van der Waals surface area (Å²) in [6.07, 6.45) is 1.77. The van der Waals surface area contributed by atoms with Gasteiger partial charge in [-0.1, -0.05) is 32.0 Å². The summed E-state index contributed by atoms with van der Waals surface area (Å²) in [5.41, 5.74) is 0.780. The van der Waals surface area contributed by atoms with Crippen molar-refractivity contribution in [2.45, 2.75) is 26.7 Å². The SMILES string of the molecule is CC(C)(CC(=O)O)CC(=O)Nc1cccc2cccnc12. The number of anilines is 1. The van der Waals surface area contributed by atoms with Gasteiger partial charge < -0.3 is 10.4 Å². The standard InChI is InChI=1S/C16H18N2O3/c1-16(2,10-14(20)21)9-13(19)18-12-7-3-5-11-6-4-8-17-15(11)12/h3-8H,9-10H2,1-2H3,(H,18,19)(H,20,21). The van der Waals surface area contributed by atoms with E-state index < -0.39 is 11.4 Å². The molecule has 5 heteroatoms. The highest BCUT2D eigenvalue weighted by Crippen LogP contribution is 2.27. The number of aromatic nitrogens is 1. The predicted molar refractivity (Wildman–Crippen MR) is 81.0 cm³/mol. The Morgan fingerprint density at radius 1 is 1.19 bits per heavy atom. The quantitative estimate of drug-likeness (QED) is 0.885. The predicted octanol–water partition coefficient (Wildman–Crippen LogP) is 3.06. The summed E-state index contributed by atoms with van der Waals surface area (Å²) in [6.45, 7) is 3.53. The second kappa shape index (κ2) is 5.91. The summed E-state index contributed by atoms with van der Waals surface area (Å²) < 4.78 is 0. The molecule has 0 saturated carbocycles. The molecule has 110 valence electrons. The van der Waals surface area contributed by atoms with Crippen molar-refractivity contribution in [3.63, 3.8) is 0 Å². The van der Waals surface area contributed by atoms with E-state index in [0.717, 1.165) is 10.9 Å². The summed E-state index contributed by atoms with van der Waals surface area (Å²) in [6, 6.07) is 9.32. The molecule has 1 aromatic carbocycles. The number of carboxylic acid groups (broad SMARTS) is 1. The van der Waals surface area contributed by atoms with Crippen molar-refractivity contribution in [1.82, 2.24) is 4.98 Å². The van der Waals surface area contributed by atoms with Crippen LogP contribution >= 0.6 is 0 Å². The maximum atomic E-state index is 12.1. The van der Waals surface area contributed by atoms with Crippen molar-refractivity contribution in [3.05, 3.63) is 36.5 Å². The second-order valence-electron chi connectivity index (χ2n) is 5.84. The highest BCUT2D eigenvalue weighted by molar-refractivity contribution is 6.00. The number of benzene rings is 1. The molecule has 5 nitrogen and oxygen atoms in total. The van der Waals surface area contributed by atoms with E-state index in [1.54, 1.807) is 26.1 Å². The Hall–Kier alpha value is -2.43. The van der Waals surface area contributed by atoms with E-state index in [2.05, 4.69) is 10.3 Å². The van der Waals surface area contributed by atoms with Gasteiger partial charge >= 0.3 is 5.97 Å². The van der Waals surface area contributed by atoms with Crippen LogP contribution in [0.2, 0.25) is 0 Å². The van der Waals surface area contributed by atoms with E-state index in [1.165, 1.54) is 0 Å². The van der Waals surface area contributed by atoms with E-state index in [0.29, 0.717) is 5.69 Å². The molecule has 2 aromatic rings. The molecule has 0 spiro atoms. The molecule has 0 aliphatic rings. The van der Waals surface area contributed by atoms with Crippen LogP contribution in [-0.4, -0.2) is 22.0 Å². The maximum absolute atomic E-state index is 12.1. The van der Waals surface area contributed by atoms with Gasteiger partial charge in [-0.3, -0.25) is 14.6 Å². The average Bonchev–Trinajstić information content (AvgIpc) is 2.36. The normalized spacial score (nSPS) is 11.3. The third-order valence-electron chi connectivity index (χ3n) is 3.18. The summed E-state index contributed by atoms with van der Waals surface area (Å²) in [4.78, 5) is 27.2. The summed E-state index contributed by atoms with van der Waals surface area (Å²) in [5.74, 6) is -1.11. The number of aliphatic carboxylic acids is 1. The van der Waals surface area contributed by atoms with Crippen LogP contribution in [0.25, 0.3) is 10.9 Å². The molecule has 21 heavy (non-hydrogen) atoms. The lowest BCUT2D eigenvalue weighted by Gasteiger charge is -2.21. The van der Waals surface area contributed by atoms with Crippen LogP contribution in [0, 0.1) is 5.41 Å². The smallest absolute Gasteiger partial charge is 0.303 e. The number of amides is 1. The number of carbonyl (C=O) groups excluding carboxylic acids is 1. The zero-order chi connectivity index (χ0) is 15.5. The summed E-state index contributed by atoms with van der Waals surface area (Å²) in [5, 5.41) is 12.6. The second-order valence-corrected chi connectivity index (χ2v) is 5.84. The van der Waals surface area contributed by atoms with Crippen molar-refractivity contribution in [2.24, 2.45) is 5.41 Å². The number of para-hydroxylation sites is 1. The first-order valence-corrected chi connectivity index (χ1v) is 6.73. The van der Waals surface area contributed by atoms with E-state index in [4.69, 9.17) is 5.11 Å². The van der Waals surface area contributed by atoms with Gasteiger partial charge in [-0.05, 0) is 17.5 Å². The Balaban J connectivity index is 2.13. The molecule has 0 unspecified atom stereocenters. The van der Waals surface area contributed by atoms with Gasteiger partial charge in [0.25, 0.3) is 0 Å². The van der Waals surface area contributed by atoms with Crippen LogP contribution in [0.5, 0.6) is 0 Å². The third-order valence-corrected chi connectivity index (χ3v) is 3.18. The number of carboxylic acids is 1. The monoisotopic (exact) mass is 286 g/mol. The van der Waals surface area contributed by atoms with Crippen LogP contribution in [0.15, 0.2) is 36.5 Å². The molecular formula is C16H18N2O3. The number of nitrogens with one attached hydrogen (secondary N) is 1. The van der Waals surface area contributed by atoms with Crippen molar-refractivity contribution < 1.29 is 14.7 Å². The number of nitrogens with zero attached hydrogens (tertiary/aromatic N) is 1. The van der Waals surface area contributed by atoms with Gasteiger partial charge in [0.05, 0.1) is 17.6 Å². The molecule has 0 atom stereocenters. The van der Waals surface area contributed by atoms with Crippen LogP contribution in [0.1, 0.15) is 26.7 Å². The Morgan fingerprint density at radius 3 is 2.62 bits per heavy atom. The molecule has 0 bridgehead atoms. The van der Waals surface area contributed by atoms with Crippen LogP contribution in [-0.2, 0) is 9.59 Å². The lowest BCUT2D eigenvalue weighted by atomic mass is 9.85. The van der Waals surface area contributed by atoms with E-state index in [1.807, 2.05) is 24.3 Å². The molecule has 1 amide bonds. The molecule has 0 aliphatic carbocycles. The fourth-order valence-corrected chi connectivity index (χ4v) is 2.31. The fourth-order valence-electron chi connectivity index (χ4n) is 2.31. The minimum atomic E-state index is -0.903.